The van der Waals surface area contributed by atoms with E-state index in [0.717, 1.165) is 17.8 Å². The molecule has 0 aliphatic rings. The lowest BCUT2D eigenvalue weighted by molar-refractivity contribution is 0.183. The van der Waals surface area contributed by atoms with Gasteiger partial charge in [0.2, 0.25) is 0 Å². The second kappa shape index (κ2) is 6.72. The van der Waals surface area contributed by atoms with Gasteiger partial charge in [-0.05, 0) is 55.7 Å². The quantitative estimate of drug-likeness (QED) is 0.898. The van der Waals surface area contributed by atoms with E-state index in [-0.39, 0.29) is 5.82 Å². The van der Waals surface area contributed by atoms with Crippen LogP contribution in [0.1, 0.15) is 29.7 Å². The molecule has 3 heteroatoms. The molecule has 0 aliphatic heterocycles. The Hall–Kier alpha value is -1.87. The van der Waals surface area contributed by atoms with Crippen LogP contribution in [0.15, 0.2) is 42.5 Å². The van der Waals surface area contributed by atoms with Crippen molar-refractivity contribution >= 4 is 5.69 Å². The van der Waals surface area contributed by atoms with Crippen LogP contribution in [-0.2, 0) is 0 Å². The number of hydrogen-bond acceptors (Lipinski definition) is 2. The van der Waals surface area contributed by atoms with Gasteiger partial charge in [-0.2, -0.15) is 0 Å². The maximum atomic E-state index is 13.3. The first-order valence-corrected chi connectivity index (χ1v) is 7.27. The number of likely N-dealkylation sites (N-methyl/N-ethyl adjacent to an activating group) is 1. The van der Waals surface area contributed by atoms with Crippen LogP contribution < -0.4 is 4.90 Å². The first-order valence-electron chi connectivity index (χ1n) is 7.27. The van der Waals surface area contributed by atoms with E-state index in [2.05, 4.69) is 30.9 Å². The third kappa shape index (κ3) is 3.82. The summed E-state index contributed by atoms with van der Waals surface area (Å²) in [6, 6.07) is 13.0. The Kier molecular flexibility index (Phi) is 4.97. The fourth-order valence-electron chi connectivity index (χ4n) is 2.43. The summed E-state index contributed by atoms with van der Waals surface area (Å²) in [6.45, 7) is 7.12. The molecule has 1 atom stereocenters. The van der Waals surface area contributed by atoms with Crippen LogP contribution in [0.5, 0.6) is 0 Å². The maximum Gasteiger partial charge on any atom is 0.126 e. The predicted molar refractivity (Wildman–Crippen MR) is 85.2 cm³/mol. The van der Waals surface area contributed by atoms with Crippen LogP contribution in [0, 0.1) is 19.7 Å². The lowest BCUT2D eigenvalue weighted by atomic mass is 10.1. The SMILES string of the molecule is CCN(CC(O)c1ccc(F)c(C)c1)c1cccc(C)c1. The highest BCUT2D eigenvalue weighted by molar-refractivity contribution is 5.48. The fraction of sp³-hybridized carbons (Fsp3) is 0.333. The van der Waals surface area contributed by atoms with Gasteiger partial charge in [-0.15, -0.1) is 0 Å². The van der Waals surface area contributed by atoms with E-state index in [1.165, 1.54) is 11.6 Å². The van der Waals surface area contributed by atoms with Gasteiger partial charge in [0, 0.05) is 18.8 Å². The normalized spacial score (nSPS) is 12.2. The Labute approximate surface area is 125 Å². The number of halogens is 1. The highest BCUT2D eigenvalue weighted by atomic mass is 19.1. The minimum atomic E-state index is -0.634. The minimum absolute atomic E-state index is 0.239. The molecule has 112 valence electrons. The number of anilines is 1. The van der Waals surface area contributed by atoms with E-state index < -0.39 is 6.10 Å². The molecule has 0 heterocycles. The van der Waals surface area contributed by atoms with Crippen molar-refractivity contribution in [2.24, 2.45) is 0 Å². The Bertz CT molecular complexity index is 612. The summed E-state index contributed by atoms with van der Waals surface area (Å²) in [4.78, 5) is 2.12. The van der Waals surface area contributed by atoms with Gasteiger partial charge in [-0.25, -0.2) is 4.39 Å². The average Bonchev–Trinajstić information content (AvgIpc) is 2.47. The van der Waals surface area contributed by atoms with Crippen molar-refractivity contribution in [1.29, 1.82) is 0 Å². The summed E-state index contributed by atoms with van der Waals surface area (Å²) in [7, 11) is 0. The maximum absolute atomic E-state index is 13.3. The van der Waals surface area contributed by atoms with Gasteiger partial charge < -0.3 is 10.0 Å². The van der Waals surface area contributed by atoms with Crippen LogP contribution in [-0.4, -0.2) is 18.2 Å². The number of rotatable bonds is 5. The van der Waals surface area contributed by atoms with E-state index >= 15 is 0 Å². The smallest absolute Gasteiger partial charge is 0.126 e. The van der Waals surface area contributed by atoms with E-state index in [4.69, 9.17) is 0 Å². The van der Waals surface area contributed by atoms with Gasteiger partial charge in [0.15, 0.2) is 0 Å². The van der Waals surface area contributed by atoms with Gasteiger partial charge in [-0.3, -0.25) is 0 Å². The third-order valence-corrected chi connectivity index (χ3v) is 3.71. The van der Waals surface area contributed by atoms with E-state index in [1.54, 1.807) is 19.1 Å². The molecule has 21 heavy (non-hydrogen) atoms. The highest BCUT2D eigenvalue weighted by Gasteiger charge is 2.14. The summed E-state index contributed by atoms with van der Waals surface area (Å²) < 4.78 is 13.3. The van der Waals surface area contributed by atoms with Crippen molar-refractivity contribution < 1.29 is 9.50 Å². The molecule has 0 aromatic heterocycles. The Morgan fingerprint density at radius 2 is 1.90 bits per heavy atom. The molecule has 0 fully saturated rings. The van der Waals surface area contributed by atoms with Crippen molar-refractivity contribution in [2.45, 2.75) is 26.9 Å². The zero-order valence-corrected chi connectivity index (χ0v) is 12.8. The van der Waals surface area contributed by atoms with Crippen molar-refractivity contribution in [3.63, 3.8) is 0 Å². The Morgan fingerprint density at radius 3 is 2.52 bits per heavy atom. The third-order valence-electron chi connectivity index (χ3n) is 3.71. The Balaban J connectivity index is 2.16. The topological polar surface area (TPSA) is 23.5 Å². The van der Waals surface area contributed by atoms with Crippen LogP contribution in [0.4, 0.5) is 10.1 Å². The zero-order chi connectivity index (χ0) is 15.4. The molecule has 0 bridgehead atoms. The molecule has 1 N–H and O–H groups in total. The first kappa shape index (κ1) is 15.5. The van der Waals surface area contributed by atoms with Crippen molar-refractivity contribution in [3.8, 4) is 0 Å². The molecule has 0 aliphatic carbocycles. The minimum Gasteiger partial charge on any atom is -0.387 e. The summed E-state index contributed by atoms with van der Waals surface area (Å²) in [6.07, 6.45) is -0.634. The van der Waals surface area contributed by atoms with Crippen LogP contribution in [0.25, 0.3) is 0 Å². The molecule has 0 amide bonds. The standard InChI is InChI=1S/C18H22FNO/c1-4-20(16-7-5-6-13(2)10-16)12-18(21)15-8-9-17(19)14(3)11-15/h5-11,18,21H,4,12H2,1-3H3. The summed E-state index contributed by atoms with van der Waals surface area (Å²) in [5, 5.41) is 10.4. The van der Waals surface area contributed by atoms with Crippen LogP contribution >= 0.6 is 0 Å². The molecule has 0 radical (unpaired) electrons. The number of nitrogens with zero attached hydrogens (tertiary/aromatic N) is 1. The number of aryl methyl sites for hydroxylation is 2. The molecule has 1 unspecified atom stereocenters. The Morgan fingerprint density at radius 1 is 1.14 bits per heavy atom. The second-order valence-corrected chi connectivity index (χ2v) is 5.40. The summed E-state index contributed by atoms with van der Waals surface area (Å²) in [5.74, 6) is -0.239. The van der Waals surface area contributed by atoms with Gasteiger partial charge in [0.25, 0.3) is 0 Å². The van der Waals surface area contributed by atoms with Gasteiger partial charge in [-0.1, -0.05) is 24.3 Å². The van der Waals surface area contributed by atoms with Gasteiger partial charge in [0.05, 0.1) is 6.10 Å². The first-order chi connectivity index (χ1) is 10.0. The van der Waals surface area contributed by atoms with Crippen molar-refractivity contribution in [1.82, 2.24) is 0 Å². The molecule has 2 aromatic rings. The molecule has 2 rings (SSSR count). The number of benzene rings is 2. The molecule has 0 saturated carbocycles. The van der Waals surface area contributed by atoms with Crippen molar-refractivity contribution in [2.75, 3.05) is 18.0 Å². The second-order valence-electron chi connectivity index (χ2n) is 5.40. The monoisotopic (exact) mass is 287 g/mol. The highest BCUT2D eigenvalue weighted by Crippen LogP contribution is 2.22. The summed E-state index contributed by atoms with van der Waals surface area (Å²) in [5.41, 5.74) is 3.60. The average molecular weight is 287 g/mol. The lowest BCUT2D eigenvalue weighted by Crippen LogP contribution is -2.28. The zero-order valence-electron chi connectivity index (χ0n) is 12.8. The van der Waals surface area contributed by atoms with Crippen LogP contribution in [0.2, 0.25) is 0 Å². The molecule has 0 saturated heterocycles. The number of aliphatic hydroxyl groups excluding tert-OH is 1. The predicted octanol–water partition coefficient (Wildman–Crippen LogP) is 4.00. The summed E-state index contributed by atoms with van der Waals surface area (Å²) >= 11 is 0. The molecule has 0 spiro atoms. The molecular formula is C18H22FNO. The van der Waals surface area contributed by atoms with Crippen molar-refractivity contribution in [3.05, 3.63) is 65.0 Å². The molecule has 2 nitrogen and oxygen atoms in total. The molecule has 2 aromatic carbocycles. The van der Waals surface area contributed by atoms with E-state index in [0.29, 0.717) is 12.1 Å². The number of hydrogen-bond donors (Lipinski definition) is 1. The van der Waals surface area contributed by atoms with E-state index in [1.807, 2.05) is 12.1 Å². The number of aliphatic hydroxyl groups is 1. The lowest BCUT2D eigenvalue weighted by Gasteiger charge is -2.26. The van der Waals surface area contributed by atoms with E-state index in [9.17, 15) is 9.50 Å². The van der Waals surface area contributed by atoms with Gasteiger partial charge >= 0.3 is 0 Å². The van der Waals surface area contributed by atoms with Gasteiger partial charge in [0.1, 0.15) is 5.82 Å². The van der Waals surface area contributed by atoms with Crippen LogP contribution in [0.3, 0.4) is 0 Å². The molecular weight excluding hydrogens is 265 g/mol. The fourth-order valence-corrected chi connectivity index (χ4v) is 2.43. The largest absolute Gasteiger partial charge is 0.387 e.